The van der Waals surface area contributed by atoms with Crippen LogP contribution in [0.4, 0.5) is 4.39 Å². The monoisotopic (exact) mass is 581 g/mol. The molecule has 0 saturated heterocycles. The van der Waals surface area contributed by atoms with Crippen molar-refractivity contribution in [1.82, 2.24) is 25.2 Å². The number of benzene rings is 3. The topological polar surface area (TPSA) is 130 Å². The van der Waals surface area contributed by atoms with E-state index >= 15 is 0 Å². The summed E-state index contributed by atoms with van der Waals surface area (Å²) < 4.78 is 20.5. The van der Waals surface area contributed by atoms with Gasteiger partial charge in [-0.25, -0.2) is 19.0 Å². The van der Waals surface area contributed by atoms with Crippen LogP contribution in [-0.4, -0.2) is 56.0 Å². The number of esters is 1. The molecule has 0 aliphatic carbocycles. The fourth-order valence-corrected chi connectivity index (χ4v) is 4.05. The Hall–Kier alpha value is -4.32. The molecule has 214 valence electrons. The van der Waals surface area contributed by atoms with Crippen LogP contribution in [-0.2, 0) is 16.1 Å². The largest absolute Gasteiger partial charge is 0.463 e. The van der Waals surface area contributed by atoms with Crippen molar-refractivity contribution in [1.29, 1.82) is 0 Å². The van der Waals surface area contributed by atoms with Crippen molar-refractivity contribution in [2.75, 3.05) is 13.2 Å². The first-order chi connectivity index (χ1) is 19.6. The van der Waals surface area contributed by atoms with Crippen LogP contribution in [0.1, 0.15) is 30.0 Å². The number of halogens is 2. The Morgan fingerprint density at radius 1 is 1.12 bits per heavy atom. The number of hydrogen-bond acceptors (Lipinski definition) is 7. The molecule has 1 heterocycles. The Morgan fingerprint density at radius 2 is 1.83 bits per heavy atom. The standard InChI is InChI=1S/C29H29ClFN5O5/c1-18(2)17-41-28(39)25(37)16-35(15-19-8-10-20(11-9-19)23-14-21(30)12-13-24(23)31)34-27(38)26-32-29(40)36(33-26)22-6-4-3-5-7-22/h3-14,18,25,37H,15-17H2,1-2H3,(H,34,38)(H,32,33,40). The molecule has 4 rings (SSSR count). The SMILES string of the molecule is CC(C)COC(=O)C(O)CN(Cc1ccc(-c2cc(Cl)ccc2F)cc1)NC(=O)c1nn(-c2ccccc2)c(=O)[nH]1. The number of aliphatic hydroxyl groups is 1. The zero-order valence-electron chi connectivity index (χ0n) is 22.4. The summed E-state index contributed by atoms with van der Waals surface area (Å²) in [5, 5.41) is 16.3. The normalized spacial score (nSPS) is 12.0. The highest BCUT2D eigenvalue weighted by Crippen LogP contribution is 2.26. The van der Waals surface area contributed by atoms with Gasteiger partial charge in [0.1, 0.15) is 5.82 Å². The molecule has 0 aliphatic rings. The van der Waals surface area contributed by atoms with Gasteiger partial charge >= 0.3 is 17.6 Å². The van der Waals surface area contributed by atoms with Crippen molar-refractivity contribution < 1.29 is 23.8 Å². The second-order valence-corrected chi connectivity index (χ2v) is 10.1. The molecule has 0 spiro atoms. The van der Waals surface area contributed by atoms with E-state index in [9.17, 15) is 23.9 Å². The van der Waals surface area contributed by atoms with Crippen LogP contribution in [0.3, 0.4) is 0 Å². The summed E-state index contributed by atoms with van der Waals surface area (Å²) in [6.07, 6.45) is -1.57. The number of nitrogens with zero attached hydrogens (tertiary/aromatic N) is 3. The maximum atomic E-state index is 14.3. The van der Waals surface area contributed by atoms with E-state index < -0.39 is 29.5 Å². The van der Waals surface area contributed by atoms with Crippen molar-refractivity contribution in [3.05, 3.63) is 106 Å². The molecule has 0 aliphatic heterocycles. The van der Waals surface area contributed by atoms with Gasteiger partial charge in [-0.3, -0.25) is 15.2 Å². The van der Waals surface area contributed by atoms with Gasteiger partial charge in [0.05, 0.1) is 18.8 Å². The number of ether oxygens (including phenoxy) is 1. The number of hydrogen-bond donors (Lipinski definition) is 3. The minimum absolute atomic E-state index is 0.0438. The molecule has 1 aromatic heterocycles. The fourth-order valence-electron chi connectivity index (χ4n) is 3.87. The van der Waals surface area contributed by atoms with Crippen molar-refractivity contribution in [3.63, 3.8) is 0 Å². The summed E-state index contributed by atoms with van der Waals surface area (Å²) >= 11 is 6.02. The third-order valence-corrected chi connectivity index (χ3v) is 6.12. The lowest BCUT2D eigenvalue weighted by atomic mass is 10.0. The lowest BCUT2D eigenvalue weighted by molar-refractivity contribution is -0.156. The van der Waals surface area contributed by atoms with Gasteiger partial charge in [-0.1, -0.05) is 67.9 Å². The average molecular weight is 582 g/mol. The molecule has 0 radical (unpaired) electrons. The van der Waals surface area contributed by atoms with E-state index in [1.165, 1.54) is 23.2 Å². The van der Waals surface area contributed by atoms with Gasteiger partial charge in [0.25, 0.3) is 0 Å². The number of H-pyrrole nitrogens is 1. The molecule has 1 atom stereocenters. The minimum Gasteiger partial charge on any atom is -0.463 e. The maximum absolute atomic E-state index is 14.3. The maximum Gasteiger partial charge on any atom is 0.348 e. The summed E-state index contributed by atoms with van der Waals surface area (Å²) in [5.74, 6) is -2.24. The number of para-hydroxylation sites is 1. The number of amides is 1. The summed E-state index contributed by atoms with van der Waals surface area (Å²) in [5.41, 5.74) is 4.02. The van der Waals surface area contributed by atoms with E-state index in [-0.39, 0.29) is 31.4 Å². The lowest BCUT2D eigenvalue weighted by Gasteiger charge is -2.25. The quantitative estimate of drug-likeness (QED) is 0.182. The number of rotatable bonds is 11. The van der Waals surface area contributed by atoms with Gasteiger partial charge in [0.2, 0.25) is 5.82 Å². The van der Waals surface area contributed by atoms with Crippen molar-refractivity contribution in [2.24, 2.45) is 5.92 Å². The predicted molar refractivity (Wildman–Crippen MR) is 151 cm³/mol. The predicted octanol–water partition coefficient (Wildman–Crippen LogP) is 3.73. The van der Waals surface area contributed by atoms with E-state index in [0.29, 0.717) is 27.4 Å². The summed E-state index contributed by atoms with van der Waals surface area (Å²) in [6, 6.07) is 19.6. The van der Waals surface area contributed by atoms with Crippen LogP contribution >= 0.6 is 11.6 Å². The number of aliphatic hydroxyl groups excluding tert-OH is 1. The van der Waals surface area contributed by atoms with E-state index in [4.69, 9.17) is 16.3 Å². The lowest BCUT2D eigenvalue weighted by Crippen LogP contribution is -2.48. The Morgan fingerprint density at radius 3 is 2.51 bits per heavy atom. The van der Waals surface area contributed by atoms with E-state index in [1.807, 2.05) is 13.8 Å². The molecule has 41 heavy (non-hydrogen) atoms. The molecule has 0 bridgehead atoms. The van der Waals surface area contributed by atoms with Crippen LogP contribution in [0.15, 0.2) is 77.6 Å². The number of nitrogens with one attached hydrogen (secondary N) is 2. The molecule has 10 nitrogen and oxygen atoms in total. The van der Waals surface area contributed by atoms with Crippen LogP contribution in [0.5, 0.6) is 0 Å². The van der Waals surface area contributed by atoms with E-state index in [1.54, 1.807) is 54.6 Å². The zero-order chi connectivity index (χ0) is 29.5. The molecule has 12 heteroatoms. The van der Waals surface area contributed by atoms with Gasteiger partial charge in [0.15, 0.2) is 6.10 Å². The first-order valence-electron chi connectivity index (χ1n) is 12.8. The summed E-state index contributed by atoms with van der Waals surface area (Å²) in [4.78, 5) is 40.2. The second-order valence-electron chi connectivity index (χ2n) is 9.71. The van der Waals surface area contributed by atoms with Gasteiger partial charge in [0, 0.05) is 17.1 Å². The average Bonchev–Trinajstić information content (AvgIpc) is 3.35. The number of carbonyl (C=O) groups is 2. The second kappa shape index (κ2) is 13.4. The molecular formula is C29H29ClFN5O5. The van der Waals surface area contributed by atoms with Crippen LogP contribution in [0.2, 0.25) is 5.02 Å². The van der Waals surface area contributed by atoms with Crippen LogP contribution in [0.25, 0.3) is 16.8 Å². The first-order valence-corrected chi connectivity index (χ1v) is 13.2. The van der Waals surface area contributed by atoms with Crippen molar-refractivity contribution >= 4 is 23.5 Å². The number of aromatic amines is 1. The van der Waals surface area contributed by atoms with E-state index in [2.05, 4.69) is 15.5 Å². The molecule has 3 aromatic carbocycles. The molecular weight excluding hydrogens is 553 g/mol. The zero-order valence-corrected chi connectivity index (χ0v) is 23.1. The molecule has 3 N–H and O–H groups in total. The van der Waals surface area contributed by atoms with Gasteiger partial charge in [-0.05, 0) is 47.4 Å². The summed E-state index contributed by atoms with van der Waals surface area (Å²) in [7, 11) is 0. The van der Waals surface area contributed by atoms with Gasteiger partial charge in [-0.2, -0.15) is 4.68 Å². The first kappa shape index (κ1) is 29.7. The molecule has 0 saturated carbocycles. The van der Waals surface area contributed by atoms with Gasteiger partial charge < -0.3 is 9.84 Å². The van der Waals surface area contributed by atoms with Gasteiger partial charge in [-0.15, -0.1) is 5.10 Å². The third-order valence-electron chi connectivity index (χ3n) is 5.88. The van der Waals surface area contributed by atoms with Crippen LogP contribution < -0.4 is 11.1 Å². The van der Waals surface area contributed by atoms with Crippen molar-refractivity contribution in [2.45, 2.75) is 26.5 Å². The van der Waals surface area contributed by atoms with Crippen LogP contribution in [0, 0.1) is 11.7 Å². The summed E-state index contributed by atoms with van der Waals surface area (Å²) in [6.45, 7) is 3.57. The third kappa shape index (κ3) is 7.88. The Kier molecular flexibility index (Phi) is 9.66. The Balaban J connectivity index is 1.53. The smallest absolute Gasteiger partial charge is 0.348 e. The molecule has 1 unspecified atom stereocenters. The Labute approximate surface area is 240 Å². The molecule has 0 fully saturated rings. The minimum atomic E-state index is -1.57. The number of carbonyl (C=O) groups excluding carboxylic acids is 2. The number of aromatic nitrogens is 3. The van der Waals surface area contributed by atoms with E-state index in [0.717, 1.165) is 4.68 Å². The highest BCUT2D eigenvalue weighted by molar-refractivity contribution is 6.30. The Bertz CT molecular complexity index is 1560. The highest BCUT2D eigenvalue weighted by Gasteiger charge is 2.24. The molecule has 1 amide bonds. The highest BCUT2D eigenvalue weighted by atomic mass is 35.5. The fraction of sp³-hybridized carbons (Fsp3) is 0.241. The number of hydrazine groups is 1. The molecule has 4 aromatic rings. The van der Waals surface area contributed by atoms with Crippen molar-refractivity contribution in [3.8, 4) is 16.8 Å².